The fourth-order valence-electron chi connectivity index (χ4n) is 2.70. The quantitative estimate of drug-likeness (QED) is 0.743. The molecule has 2 rings (SSSR count). The first-order valence-corrected chi connectivity index (χ1v) is 7.36. The zero-order valence-corrected chi connectivity index (χ0v) is 12.1. The minimum absolute atomic E-state index is 0.170. The molecule has 1 aromatic carbocycles. The lowest BCUT2D eigenvalue weighted by molar-refractivity contribution is 0.0973. The Balaban J connectivity index is 1.94. The van der Waals surface area contributed by atoms with Gasteiger partial charge in [0.1, 0.15) is 5.82 Å². The van der Waals surface area contributed by atoms with Crippen molar-refractivity contribution >= 4 is 0 Å². The van der Waals surface area contributed by atoms with Gasteiger partial charge in [-0.25, -0.2) is 4.39 Å². The molecule has 0 amide bonds. The number of benzene rings is 1. The molecule has 1 fully saturated rings. The van der Waals surface area contributed by atoms with E-state index in [1.54, 1.807) is 19.2 Å². The standard InChI is InChI=1S/C16H24FNO2/c1-19-9-7-18-12-14(11-16-6-3-8-20-16)13-4-2-5-15(17)10-13/h2,4-5,10,14,16,18H,3,6-9,11-12H2,1H3. The molecule has 1 aliphatic heterocycles. The Labute approximate surface area is 120 Å². The van der Waals surface area contributed by atoms with Gasteiger partial charge in [-0.2, -0.15) is 0 Å². The Hall–Kier alpha value is -0.970. The molecule has 1 N–H and O–H groups in total. The average molecular weight is 281 g/mol. The maximum absolute atomic E-state index is 13.4. The highest BCUT2D eigenvalue weighted by molar-refractivity contribution is 5.21. The largest absolute Gasteiger partial charge is 0.383 e. The summed E-state index contributed by atoms with van der Waals surface area (Å²) in [5.74, 6) is 0.113. The third-order valence-corrected chi connectivity index (χ3v) is 3.77. The molecule has 0 radical (unpaired) electrons. The number of hydrogen-bond acceptors (Lipinski definition) is 3. The normalized spacial score (nSPS) is 20.2. The van der Waals surface area contributed by atoms with E-state index in [-0.39, 0.29) is 11.7 Å². The Morgan fingerprint density at radius 2 is 2.40 bits per heavy atom. The van der Waals surface area contributed by atoms with Crippen LogP contribution in [0.2, 0.25) is 0 Å². The second-order valence-electron chi connectivity index (χ2n) is 5.32. The number of ether oxygens (including phenoxy) is 2. The fraction of sp³-hybridized carbons (Fsp3) is 0.625. The zero-order chi connectivity index (χ0) is 14.2. The van der Waals surface area contributed by atoms with E-state index in [0.29, 0.717) is 12.7 Å². The highest BCUT2D eigenvalue weighted by atomic mass is 19.1. The summed E-state index contributed by atoms with van der Waals surface area (Å²) in [5, 5.41) is 3.38. The van der Waals surface area contributed by atoms with Gasteiger partial charge < -0.3 is 14.8 Å². The Morgan fingerprint density at radius 1 is 1.50 bits per heavy atom. The summed E-state index contributed by atoms with van der Waals surface area (Å²) >= 11 is 0. The molecule has 1 aromatic rings. The average Bonchev–Trinajstić information content (AvgIpc) is 2.95. The topological polar surface area (TPSA) is 30.5 Å². The van der Waals surface area contributed by atoms with Crippen LogP contribution in [0.4, 0.5) is 4.39 Å². The summed E-state index contributed by atoms with van der Waals surface area (Å²) in [5.41, 5.74) is 1.05. The third-order valence-electron chi connectivity index (χ3n) is 3.77. The minimum Gasteiger partial charge on any atom is -0.383 e. The van der Waals surface area contributed by atoms with Crippen LogP contribution in [0.5, 0.6) is 0 Å². The van der Waals surface area contributed by atoms with Crippen molar-refractivity contribution in [1.82, 2.24) is 5.32 Å². The van der Waals surface area contributed by atoms with E-state index < -0.39 is 0 Å². The molecule has 3 nitrogen and oxygen atoms in total. The van der Waals surface area contributed by atoms with E-state index >= 15 is 0 Å². The Bertz CT molecular complexity index is 394. The number of rotatable bonds is 8. The fourth-order valence-corrected chi connectivity index (χ4v) is 2.70. The molecule has 1 saturated heterocycles. The predicted molar refractivity (Wildman–Crippen MR) is 77.5 cm³/mol. The minimum atomic E-state index is -0.170. The predicted octanol–water partition coefficient (Wildman–Crippen LogP) is 2.71. The van der Waals surface area contributed by atoms with E-state index in [2.05, 4.69) is 5.32 Å². The molecule has 1 aliphatic rings. The van der Waals surface area contributed by atoms with E-state index in [1.165, 1.54) is 6.07 Å². The van der Waals surface area contributed by atoms with E-state index in [9.17, 15) is 4.39 Å². The molecule has 20 heavy (non-hydrogen) atoms. The molecule has 2 unspecified atom stereocenters. The molecule has 0 saturated carbocycles. The molecule has 0 aromatic heterocycles. The van der Waals surface area contributed by atoms with E-state index in [4.69, 9.17) is 9.47 Å². The van der Waals surface area contributed by atoms with Gasteiger partial charge in [-0.3, -0.25) is 0 Å². The van der Waals surface area contributed by atoms with Crippen LogP contribution in [-0.4, -0.2) is 39.5 Å². The van der Waals surface area contributed by atoms with Gasteiger partial charge in [-0.1, -0.05) is 12.1 Å². The van der Waals surface area contributed by atoms with Gasteiger partial charge in [-0.15, -0.1) is 0 Å². The smallest absolute Gasteiger partial charge is 0.123 e. The first-order chi connectivity index (χ1) is 9.79. The SMILES string of the molecule is COCCNCC(CC1CCCO1)c1cccc(F)c1. The van der Waals surface area contributed by atoms with Crippen molar-refractivity contribution in [3.8, 4) is 0 Å². The summed E-state index contributed by atoms with van der Waals surface area (Å²) in [7, 11) is 1.69. The number of halogens is 1. The van der Waals surface area contributed by atoms with Crippen molar-refractivity contribution in [3.05, 3.63) is 35.6 Å². The van der Waals surface area contributed by atoms with Crippen LogP contribution < -0.4 is 5.32 Å². The lowest BCUT2D eigenvalue weighted by Gasteiger charge is -2.21. The van der Waals surface area contributed by atoms with Crippen LogP contribution >= 0.6 is 0 Å². The maximum Gasteiger partial charge on any atom is 0.123 e. The van der Waals surface area contributed by atoms with Crippen molar-refractivity contribution in [2.24, 2.45) is 0 Å². The number of hydrogen-bond donors (Lipinski definition) is 1. The van der Waals surface area contributed by atoms with Crippen molar-refractivity contribution in [2.45, 2.75) is 31.3 Å². The molecule has 1 heterocycles. The molecular formula is C16H24FNO2. The first-order valence-electron chi connectivity index (χ1n) is 7.36. The Kier molecular flexibility index (Phi) is 6.43. The van der Waals surface area contributed by atoms with Crippen LogP contribution in [0.15, 0.2) is 24.3 Å². The summed E-state index contributed by atoms with van der Waals surface area (Å²) < 4.78 is 24.2. The summed E-state index contributed by atoms with van der Waals surface area (Å²) in [6.07, 6.45) is 3.51. The molecule has 4 heteroatoms. The monoisotopic (exact) mass is 281 g/mol. The van der Waals surface area contributed by atoms with Crippen molar-refractivity contribution < 1.29 is 13.9 Å². The lowest BCUT2D eigenvalue weighted by atomic mass is 9.92. The van der Waals surface area contributed by atoms with Gasteiger partial charge in [-0.05, 0) is 42.9 Å². The number of nitrogens with one attached hydrogen (secondary N) is 1. The zero-order valence-electron chi connectivity index (χ0n) is 12.1. The summed E-state index contributed by atoms with van der Waals surface area (Å²) in [6, 6.07) is 6.91. The van der Waals surface area contributed by atoms with Crippen LogP contribution in [0.1, 0.15) is 30.7 Å². The molecule has 0 spiro atoms. The van der Waals surface area contributed by atoms with Gasteiger partial charge in [0.2, 0.25) is 0 Å². The van der Waals surface area contributed by atoms with E-state index in [1.807, 2.05) is 6.07 Å². The van der Waals surface area contributed by atoms with Gasteiger partial charge >= 0.3 is 0 Å². The molecule has 2 atom stereocenters. The van der Waals surface area contributed by atoms with Crippen LogP contribution in [0, 0.1) is 5.82 Å². The lowest BCUT2D eigenvalue weighted by Crippen LogP contribution is -2.27. The van der Waals surface area contributed by atoms with Crippen molar-refractivity contribution in [2.75, 3.05) is 33.4 Å². The first kappa shape index (κ1) is 15.4. The molecular weight excluding hydrogens is 257 g/mol. The number of methoxy groups -OCH3 is 1. The molecule has 0 bridgehead atoms. The highest BCUT2D eigenvalue weighted by Gasteiger charge is 2.22. The molecule has 112 valence electrons. The Morgan fingerprint density at radius 3 is 3.10 bits per heavy atom. The van der Waals surface area contributed by atoms with Crippen LogP contribution in [0.3, 0.4) is 0 Å². The summed E-state index contributed by atoms with van der Waals surface area (Å²) in [6.45, 7) is 3.19. The van der Waals surface area contributed by atoms with Gasteiger partial charge in [0.15, 0.2) is 0 Å². The molecule has 0 aliphatic carbocycles. The van der Waals surface area contributed by atoms with Gasteiger partial charge in [0.05, 0.1) is 12.7 Å². The third kappa shape index (κ3) is 4.85. The second kappa shape index (κ2) is 8.35. The van der Waals surface area contributed by atoms with Gasteiger partial charge in [0, 0.05) is 26.8 Å². The van der Waals surface area contributed by atoms with Crippen molar-refractivity contribution in [3.63, 3.8) is 0 Å². The van der Waals surface area contributed by atoms with Crippen LogP contribution in [0.25, 0.3) is 0 Å². The van der Waals surface area contributed by atoms with Gasteiger partial charge in [0.25, 0.3) is 0 Å². The summed E-state index contributed by atoms with van der Waals surface area (Å²) in [4.78, 5) is 0. The van der Waals surface area contributed by atoms with Crippen molar-refractivity contribution in [1.29, 1.82) is 0 Å². The van der Waals surface area contributed by atoms with Crippen LogP contribution in [-0.2, 0) is 9.47 Å². The maximum atomic E-state index is 13.4. The second-order valence-corrected chi connectivity index (χ2v) is 5.32. The highest BCUT2D eigenvalue weighted by Crippen LogP contribution is 2.27. The van der Waals surface area contributed by atoms with E-state index in [0.717, 1.165) is 44.5 Å².